The van der Waals surface area contributed by atoms with Crippen molar-refractivity contribution >= 4 is 46.2 Å². The van der Waals surface area contributed by atoms with Gasteiger partial charge in [-0.3, -0.25) is 30.5 Å². The van der Waals surface area contributed by atoms with Crippen LogP contribution in [0.4, 0.5) is 0 Å². The van der Waals surface area contributed by atoms with E-state index in [1.165, 1.54) is 22.9 Å². The first-order valence-electron chi connectivity index (χ1n) is 10.0. The Balaban J connectivity index is 1.73. The van der Waals surface area contributed by atoms with Gasteiger partial charge in [0.25, 0.3) is 0 Å². The maximum atomic E-state index is 12.5. The van der Waals surface area contributed by atoms with Gasteiger partial charge in [0.2, 0.25) is 11.8 Å². The molecule has 0 radical (unpaired) electrons. The van der Waals surface area contributed by atoms with Crippen LogP contribution >= 0.6 is 24.4 Å². The monoisotopic (exact) mass is 412 g/mol. The first kappa shape index (κ1) is 22.0. The Morgan fingerprint density at radius 3 is 1.41 bits per heavy atom. The number of hydrogen-bond donors (Lipinski definition) is 2. The molecule has 0 aromatic heterocycles. The standard InChI is InChI=1S/C19H32N4O2S2/c1-22(18(24)14-9-5-3-6-10-14)20-16(26)13-17(27)21-23(2)19(25)15-11-7-4-8-12-15/h14-15H,3-13H2,1-2H3,(H,20,26)(H,21,27). The summed E-state index contributed by atoms with van der Waals surface area (Å²) in [5, 5.41) is 2.97. The van der Waals surface area contributed by atoms with Crippen molar-refractivity contribution in [1.29, 1.82) is 0 Å². The Morgan fingerprint density at radius 2 is 1.07 bits per heavy atom. The third kappa shape index (κ3) is 6.99. The molecule has 2 fully saturated rings. The van der Waals surface area contributed by atoms with E-state index in [0.29, 0.717) is 16.4 Å². The molecule has 0 heterocycles. The molecular weight excluding hydrogens is 380 g/mol. The van der Waals surface area contributed by atoms with Gasteiger partial charge in [-0.2, -0.15) is 0 Å². The van der Waals surface area contributed by atoms with E-state index in [2.05, 4.69) is 10.9 Å². The highest BCUT2D eigenvalue weighted by Gasteiger charge is 2.26. The van der Waals surface area contributed by atoms with E-state index in [1.807, 2.05) is 0 Å². The molecule has 27 heavy (non-hydrogen) atoms. The Kier molecular flexibility index (Phi) is 8.89. The fraction of sp³-hybridized carbons (Fsp3) is 0.789. The molecule has 2 amide bonds. The van der Waals surface area contributed by atoms with Crippen molar-refractivity contribution in [3.05, 3.63) is 0 Å². The van der Waals surface area contributed by atoms with Gasteiger partial charge in [0, 0.05) is 25.9 Å². The summed E-state index contributed by atoms with van der Waals surface area (Å²) in [5.41, 5.74) is 5.92. The van der Waals surface area contributed by atoms with Gasteiger partial charge in [0.05, 0.1) is 6.42 Å². The zero-order valence-electron chi connectivity index (χ0n) is 16.5. The summed E-state index contributed by atoms with van der Waals surface area (Å²) in [5.74, 6) is 0.341. The van der Waals surface area contributed by atoms with Gasteiger partial charge in [0.1, 0.15) is 9.98 Å². The lowest BCUT2D eigenvalue weighted by atomic mass is 9.88. The third-order valence-corrected chi connectivity index (χ3v) is 5.95. The van der Waals surface area contributed by atoms with Gasteiger partial charge < -0.3 is 0 Å². The molecule has 0 saturated heterocycles. The molecule has 0 aromatic rings. The maximum absolute atomic E-state index is 12.5. The maximum Gasteiger partial charge on any atom is 0.243 e. The third-order valence-electron chi connectivity index (χ3n) is 5.48. The number of rotatable bonds is 4. The smallest absolute Gasteiger partial charge is 0.243 e. The van der Waals surface area contributed by atoms with Crippen LogP contribution in [0.15, 0.2) is 0 Å². The van der Waals surface area contributed by atoms with Crippen LogP contribution in [0.2, 0.25) is 0 Å². The van der Waals surface area contributed by atoms with E-state index in [0.717, 1.165) is 51.4 Å². The Hall–Kier alpha value is -1.28. The molecule has 2 aliphatic rings. The molecule has 152 valence electrons. The lowest BCUT2D eigenvalue weighted by Gasteiger charge is -2.29. The molecule has 0 aromatic carbocycles. The van der Waals surface area contributed by atoms with Crippen LogP contribution in [0, 0.1) is 11.8 Å². The van der Waals surface area contributed by atoms with Crippen LogP contribution in [-0.2, 0) is 9.59 Å². The van der Waals surface area contributed by atoms with Gasteiger partial charge in [-0.1, -0.05) is 63.0 Å². The minimum absolute atomic E-state index is 0.0838. The predicted molar refractivity (Wildman–Crippen MR) is 115 cm³/mol. The number of nitrogens with one attached hydrogen (secondary N) is 2. The molecule has 0 unspecified atom stereocenters. The summed E-state index contributed by atoms with van der Waals surface area (Å²) in [7, 11) is 3.41. The number of hydrogen-bond acceptors (Lipinski definition) is 4. The van der Waals surface area contributed by atoms with E-state index in [4.69, 9.17) is 24.4 Å². The molecule has 0 aliphatic heterocycles. The van der Waals surface area contributed by atoms with Crippen LogP contribution in [0.1, 0.15) is 70.6 Å². The van der Waals surface area contributed by atoms with Gasteiger partial charge in [-0.15, -0.1) is 0 Å². The number of carbonyl (C=O) groups is 2. The second-order valence-electron chi connectivity index (χ2n) is 7.71. The Bertz CT molecular complexity index is 510. The molecule has 2 rings (SSSR count). The molecule has 0 bridgehead atoms. The molecule has 6 nitrogen and oxygen atoms in total. The van der Waals surface area contributed by atoms with Crippen LogP contribution in [0.3, 0.4) is 0 Å². The minimum atomic E-state index is 0.0838. The summed E-state index contributed by atoms with van der Waals surface area (Å²) in [6, 6.07) is 0. The summed E-state index contributed by atoms with van der Waals surface area (Å²) < 4.78 is 0. The quantitative estimate of drug-likeness (QED) is 0.546. The Labute approximate surface area is 173 Å². The fourth-order valence-corrected chi connectivity index (χ4v) is 4.61. The minimum Gasteiger partial charge on any atom is -0.289 e. The largest absolute Gasteiger partial charge is 0.289 e. The van der Waals surface area contributed by atoms with Crippen molar-refractivity contribution in [2.75, 3.05) is 14.1 Å². The van der Waals surface area contributed by atoms with Gasteiger partial charge in [-0.05, 0) is 25.7 Å². The van der Waals surface area contributed by atoms with E-state index in [-0.39, 0.29) is 23.7 Å². The predicted octanol–water partition coefficient (Wildman–Crippen LogP) is 3.12. The first-order valence-corrected chi connectivity index (χ1v) is 10.8. The molecule has 2 N–H and O–H groups in total. The second-order valence-corrected chi connectivity index (χ2v) is 8.70. The van der Waals surface area contributed by atoms with Crippen LogP contribution < -0.4 is 10.9 Å². The summed E-state index contributed by atoms with van der Waals surface area (Å²) in [6.45, 7) is 0. The molecular formula is C19H32N4O2S2. The zero-order valence-corrected chi connectivity index (χ0v) is 18.1. The van der Waals surface area contributed by atoms with Gasteiger partial charge in [-0.25, -0.2) is 0 Å². The molecule has 2 saturated carbocycles. The van der Waals surface area contributed by atoms with Crippen LogP contribution in [0.5, 0.6) is 0 Å². The van der Waals surface area contributed by atoms with Crippen molar-refractivity contribution in [3.63, 3.8) is 0 Å². The molecule has 2 aliphatic carbocycles. The lowest BCUT2D eigenvalue weighted by molar-refractivity contribution is -0.137. The number of thiocarbonyl (C=S) groups is 2. The normalized spacial score (nSPS) is 18.4. The van der Waals surface area contributed by atoms with Crippen molar-refractivity contribution < 1.29 is 9.59 Å². The van der Waals surface area contributed by atoms with Crippen LogP contribution in [0.25, 0.3) is 0 Å². The van der Waals surface area contributed by atoms with E-state index in [9.17, 15) is 9.59 Å². The van der Waals surface area contributed by atoms with Crippen molar-refractivity contribution in [3.8, 4) is 0 Å². The number of nitrogens with zero attached hydrogens (tertiary/aromatic N) is 2. The highest BCUT2D eigenvalue weighted by atomic mass is 32.1. The van der Waals surface area contributed by atoms with Gasteiger partial charge in [0.15, 0.2) is 0 Å². The molecule has 8 heteroatoms. The molecule has 0 atom stereocenters. The zero-order chi connectivity index (χ0) is 19.8. The summed E-state index contributed by atoms with van der Waals surface area (Å²) in [6.07, 6.45) is 11.0. The average molecular weight is 413 g/mol. The summed E-state index contributed by atoms with van der Waals surface area (Å²) >= 11 is 10.7. The summed E-state index contributed by atoms with van der Waals surface area (Å²) in [4.78, 5) is 25.9. The van der Waals surface area contributed by atoms with E-state index in [1.54, 1.807) is 14.1 Å². The number of hydrazine groups is 2. The van der Waals surface area contributed by atoms with Crippen molar-refractivity contribution in [2.24, 2.45) is 11.8 Å². The van der Waals surface area contributed by atoms with E-state index < -0.39 is 0 Å². The second kappa shape index (κ2) is 10.9. The van der Waals surface area contributed by atoms with E-state index >= 15 is 0 Å². The fourth-order valence-electron chi connectivity index (χ4n) is 3.96. The Morgan fingerprint density at radius 1 is 0.741 bits per heavy atom. The highest BCUT2D eigenvalue weighted by Crippen LogP contribution is 2.25. The van der Waals surface area contributed by atoms with Crippen molar-refractivity contribution in [1.82, 2.24) is 20.9 Å². The topological polar surface area (TPSA) is 64.7 Å². The number of carbonyl (C=O) groups excluding carboxylic acids is 2. The SMILES string of the molecule is CN(NC(=S)CC(=S)NN(C)C(=O)C1CCCCC1)C(=O)C1CCCCC1. The first-order chi connectivity index (χ1) is 12.9. The molecule has 0 spiro atoms. The highest BCUT2D eigenvalue weighted by molar-refractivity contribution is 7.82. The van der Waals surface area contributed by atoms with Crippen LogP contribution in [-0.4, -0.2) is 45.9 Å². The van der Waals surface area contributed by atoms with Gasteiger partial charge >= 0.3 is 0 Å². The number of amides is 2. The van der Waals surface area contributed by atoms with Crippen molar-refractivity contribution in [2.45, 2.75) is 70.6 Å². The average Bonchev–Trinajstić information content (AvgIpc) is 2.67. The lowest BCUT2D eigenvalue weighted by Crippen LogP contribution is -2.49.